The number of carbonyl (C=O) groups excluding carboxylic acids is 1. The average molecular weight is 483 g/mol. The second-order valence-electron chi connectivity index (χ2n) is 9.04. The van der Waals surface area contributed by atoms with Crippen molar-refractivity contribution in [1.82, 2.24) is 19.7 Å². The highest BCUT2D eigenvalue weighted by Crippen LogP contribution is 2.36. The van der Waals surface area contributed by atoms with Crippen molar-refractivity contribution in [1.29, 1.82) is 0 Å². The highest BCUT2D eigenvalue weighted by Gasteiger charge is 2.40. The third kappa shape index (κ3) is 4.37. The summed E-state index contributed by atoms with van der Waals surface area (Å²) < 4.78 is 7.04. The van der Waals surface area contributed by atoms with Crippen molar-refractivity contribution in [3.63, 3.8) is 0 Å². The fourth-order valence-electron chi connectivity index (χ4n) is 4.61. The molecular weight excluding hydrogens is 452 g/mol. The van der Waals surface area contributed by atoms with Crippen LogP contribution in [0.4, 0.5) is 0 Å². The second kappa shape index (κ2) is 9.68. The molecule has 2 atom stereocenters. The second-order valence-corrected chi connectivity index (χ2v) is 10.1. The topological polar surface area (TPSA) is 97.6 Å². The summed E-state index contributed by atoms with van der Waals surface area (Å²) in [5, 5.41) is 20.6. The van der Waals surface area contributed by atoms with Crippen molar-refractivity contribution in [2.45, 2.75) is 58.7 Å². The molecule has 1 aliphatic heterocycles. The van der Waals surface area contributed by atoms with Gasteiger partial charge in [0.1, 0.15) is 5.01 Å². The number of hydrogen-bond donors (Lipinski definition) is 1. The molecule has 0 fully saturated rings. The molecule has 8 nitrogen and oxygen atoms in total. The number of ether oxygens (including phenoxy) is 1. The van der Waals surface area contributed by atoms with Crippen LogP contribution in [0.1, 0.15) is 59.9 Å². The summed E-state index contributed by atoms with van der Waals surface area (Å²) in [5.41, 5.74) is 1.94. The Bertz CT molecular complexity index is 1250. The van der Waals surface area contributed by atoms with Crippen molar-refractivity contribution in [3.05, 3.63) is 62.5 Å². The molecule has 1 aromatic carbocycles. The maximum absolute atomic E-state index is 13.3. The summed E-state index contributed by atoms with van der Waals surface area (Å²) in [6, 6.07) is 7.79. The molecule has 1 aliphatic rings. The van der Waals surface area contributed by atoms with E-state index < -0.39 is 11.2 Å². The van der Waals surface area contributed by atoms with E-state index in [9.17, 15) is 14.7 Å². The SMILES string of the molecule is COCCC1C(C)N(C(C)C)C(=O)c2c(O)c(=O)c(-c3nnc(Cc4ccc(C)cc4)s3)cn21. The number of fused-ring (bicyclic) bond motifs is 1. The molecule has 3 aromatic rings. The van der Waals surface area contributed by atoms with Crippen LogP contribution in [0.5, 0.6) is 5.75 Å². The van der Waals surface area contributed by atoms with E-state index in [1.807, 2.05) is 52.0 Å². The Morgan fingerprint density at radius 3 is 2.53 bits per heavy atom. The van der Waals surface area contributed by atoms with Gasteiger partial charge in [-0.2, -0.15) is 0 Å². The van der Waals surface area contributed by atoms with Crippen LogP contribution < -0.4 is 5.43 Å². The fourth-order valence-corrected chi connectivity index (χ4v) is 5.49. The predicted molar refractivity (Wildman–Crippen MR) is 132 cm³/mol. The minimum atomic E-state index is -0.610. The Balaban J connectivity index is 1.77. The first kappa shape index (κ1) is 24.1. The van der Waals surface area contributed by atoms with E-state index in [1.54, 1.807) is 22.8 Å². The number of nitrogens with zero attached hydrogens (tertiary/aromatic N) is 4. The molecule has 180 valence electrons. The van der Waals surface area contributed by atoms with Gasteiger partial charge in [-0.1, -0.05) is 41.2 Å². The molecule has 1 N–H and O–H groups in total. The number of rotatable bonds is 7. The standard InChI is InChI=1S/C25H30N4O4S/c1-14(2)29-16(4)19(10-11-33-5)28-13-18(22(30)23(31)21(28)25(29)32)24-27-26-20(34-24)12-17-8-6-15(3)7-9-17/h6-9,13-14,16,19,31H,10-12H2,1-5H3. The summed E-state index contributed by atoms with van der Waals surface area (Å²) in [6.07, 6.45) is 2.88. The number of hydrogen-bond acceptors (Lipinski definition) is 7. The van der Waals surface area contributed by atoms with Gasteiger partial charge in [-0.05, 0) is 39.7 Å². The molecule has 2 unspecified atom stereocenters. The summed E-state index contributed by atoms with van der Waals surface area (Å²) >= 11 is 1.32. The predicted octanol–water partition coefficient (Wildman–Crippen LogP) is 3.80. The first-order chi connectivity index (χ1) is 16.2. The zero-order chi connectivity index (χ0) is 24.6. The minimum Gasteiger partial charge on any atom is -0.503 e. The molecule has 3 heterocycles. The number of methoxy groups -OCH3 is 1. The van der Waals surface area contributed by atoms with Gasteiger partial charge in [0, 0.05) is 32.4 Å². The Labute approximate surface area is 202 Å². The van der Waals surface area contributed by atoms with Crippen molar-refractivity contribution in [2.24, 2.45) is 0 Å². The van der Waals surface area contributed by atoms with Gasteiger partial charge in [-0.15, -0.1) is 10.2 Å². The molecule has 0 saturated heterocycles. The first-order valence-corrected chi connectivity index (χ1v) is 12.2. The number of carbonyl (C=O) groups is 1. The number of aromatic hydroxyl groups is 1. The molecule has 0 bridgehead atoms. The molecule has 9 heteroatoms. The van der Waals surface area contributed by atoms with E-state index in [2.05, 4.69) is 10.2 Å². The zero-order valence-corrected chi connectivity index (χ0v) is 20.9. The number of pyridine rings is 1. The van der Waals surface area contributed by atoms with Crippen LogP contribution in [0, 0.1) is 6.92 Å². The third-order valence-electron chi connectivity index (χ3n) is 6.35. The van der Waals surface area contributed by atoms with Gasteiger partial charge >= 0.3 is 0 Å². The quantitative estimate of drug-likeness (QED) is 0.550. The smallest absolute Gasteiger partial charge is 0.275 e. The molecular formula is C25H30N4O4S. The molecule has 0 radical (unpaired) electrons. The highest BCUT2D eigenvalue weighted by atomic mass is 32.1. The highest BCUT2D eigenvalue weighted by molar-refractivity contribution is 7.14. The molecule has 1 amide bonds. The van der Waals surface area contributed by atoms with Crippen LogP contribution in [-0.2, 0) is 11.2 Å². The fraction of sp³-hybridized carbons (Fsp3) is 0.440. The summed E-state index contributed by atoms with van der Waals surface area (Å²) in [7, 11) is 1.63. The zero-order valence-electron chi connectivity index (χ0n) is 20.1. The van der Waals surface area contributed by atoms with E-state index in [1.165, 1.54) is 16.9 Å². The molecule has 0 spiro atoms. The van der Waals surface area contributed by atoms with Crippen LogP contribution in [-0.4, -0.2) is 56.5 Å². The van der Waals surface area contributed by atoms with E-state index in [4.69, 9.17) is 4.74 Å². The summed E-state index contributed by atoms with van der Waals surface area (Å²) in [6.45, 7) is 8.36. The Kier molecular flexibility index (Phi) is 6.86. The lowest BCUT2D eigenvalue weighted by atomic mass is 9.97. The molecule has 4 rings (SSSR count). The van der Waals surface area contributed by atoms with Gasteiger partial charge in [-0.3, -0.25) is 9.59 Å². The van der Waals surface area contributed by atoms with Gasteiger partial charge in [0.15, 0.2) is 16.5 Å². The lowest BCUT2D eigenvalue weighted by molar-refractivity contribution is 0.0405. The number of benzene rings is 1. The maximum atomic E-state index is 13.3. The van der Waals surface area contributed by atoms with Crippen molar-refractivity contribution >= 4 is 17.2 Å². The first-order valence-electron chi connectivity index (χ1n) is 11.4. The van der Waals surface area contributed by atoms with Crippen molar-refractivity contribution < 1.29 is 14.6 Å². The molecule has 2 aromatic heterocycles. The van der Waals surface area contributed by atoms with Gasteiger partial charge in [-0.25, -0.2) is 0 Å². The Hall–Kier alpha value is -3.04. The van der Waals surface area contributed by atoms with Gasteiger partial charge < -0.3 is 19.3 Å². The lowest BCUT2D eigenvalue weighted by Gasteiger charge is -2.44. The van der Waals surface area contributed by atoms with Crippen LogP contribution >= 0.6 is 11.3 Å². The molecule has 0 saturated carbocycles. The van der Waals surface area contributed by atoms with Crippen molar-refractivity contribution in [2.75, 3.05) is 13.7 Å². The van der Waals surface area contributed by atoms with Crippen LogP contribution in [0.15, 0.2) is 35.3 Å². The van der Waals surface area contributed by atoms with E-state index >= 15 is 0 Å². The molecule has 0 aliphatic carbocycles. The largest absolute Gasteiger partial charge is 0.503 e. The maximum Gasteiger partial charge on any atom is 0.275 e. The van der Waals surface area contributed by atoms with E-state index in [-0.39, 0.29) is 35.3 Å². The number of aryl methyl sites for hydroxylation is 1. The van der Waals surface area contributed by atoms with E-state index in [0.717, 1.165) is 10.6 Å². The molecule has 34 heavy (non-hydrogen) atoms. The van der Waals surface area contributed by atoms with Gasteiger partial charge in [0.25, 0.3) is 5.91 Å². The van der Waals surface area contributed by atoms with Crippen molar-refractivity contribution in [3.8, 4) is 16.3 Å². The number of amides is 1. The summed E-state index contributed by atoms with van der Waals surface area (Å²) in [5.74, 6) is -0.896. The van der Waals surface area contributed by atoms with Crippen LogP contribution in [0.3, 0.4) is 0 Å². The lowest BCUT2D eigenvalue weighted by Crippen LogP contribution is -2.53. The number of aromatic nitrogens is 3. The average Bonchev–Trinajstić information content (AvgIpc) is 3.25. The Morgan fingerprint density at radius 2 is 1.88 bits per heavy atom. The van der Waals surface area contributed by atoms with E-state index in [0.29, 0.717) is 24.5 Å². The van der Waals surface area contributed by atoms with Crippen LogP contribution in [0.25, 0.3) is 10.6 Å². The minimum absolute atomic E-state index is 0.0195. The monoisotopic (exact) mass is 482 g/mol. The third-order valence-corrected chi connectivity index (χ3v) is 7.30. The van der Waals surface area contributed by atoms with Gasteiger partial charge in [0.05, 0.1) is 17.6 Å². The summed E-state index contributed by atoms with van der Waals surface area (Å²) in [4.78, 5) is 28.2. The van der Waals surface area contributed by atoms with Gasteiger partial charge in [0.2, 0.25) is 5.43 Å². The normalized spacial score (nSPS) is 17.9. The Morgan fingerprint density at radius 1 is 1.18 bits per heavy atom. The van der Waals surface area contributed by atoms with Crippen LogP contribution in [0.2, 0.25) is 0 Å².